The lowest BCUT2D eigenvalue weighted by molar-refractivity contribution is -0.670. The molecule has 0 atom stereocenters. The van der Waals surface area contributed by atoms with E-state index in [9.17, 15) is 0 Å². The summed E-state index contributed by atoms with van der Waals surface area (Å²) in [5, 5.41) is 4.53. The standard InChI is InChI=1S/C14H15Cl2N3S/c15-12-4-1-5-13(16)11(12)10-17-6-3-9-20-14-18-7-2-8-19-14/h1-2,4-5,7-8,17H,3,6,9-10H2/p+1. The summed E-state index contributed by atoms with van der Waals surface area (Å²) in [5.41, 5.74) is 1.01. The molecule has 0 fully saturated rings. The molecule has 0 unspecified atom stereocenters. The minimum Gasteiger partial charge on any atom is -0.342 e. The second-order valence-electron chi connectivity index (χ2n) is 4.22. The van der Waals surface area contributed by atoms with Gasteiger partial charge >= 0.3 is 0 Å². The minimum absolute atomic E-state index is 0.737. The third-order valence-corrected chi connectivity index (χ3v) is 4.41. The first-order valence-corrected chi connectivity index (χ1v) is 8.16. The van der Waals surface area contributed by atoms with Gasteiger partial charge in [0, 0.05) is 30.1 Å². The Morgan fingerprint density at radius 2 is 1.75 bits per heavy atom. The van der Waals surface area contributed by atoms with Gasteiger partial charge in [0.25, 0.3) is 0 Å². The maximum Gasteiger partial charge on any atom is 0.187 e. The summed E-state index contributed by atoms with van der Waals surface area (Å²) in [4.78, 5) is 8.35. The van der Waals surface area contributed by atoms with Crippen molar-refractivity contribution in [3.63, 3.8) is 0 Å². The topological polar surface area (TPSA) is 42.4 Å². The number of benzene rings is 1. The van der Waals surface area contributed by atoms with Gasteiger partial charge in [0.2, 0.25) is 0 Å². The molecule has 0 bridgehead atoms. The summed E-state index contributed by atoms with van der Waals surface area (Å²) in [7, 11) is 0. The van der Waals surface area contributed by atoms with Crippen LogP contribution in [0.2, 0.25) is 10.0 Å². The van der Waals surface area contributed by atoms with Crippen LogP contribution < -0.4 is 5.32 Å². The maximum absolute atomic E-state index is 6.12. The van der Waals surface area contributed by atoms with Crippen LogP contribution in [0.4, 0.5) is 0 Å². The Morgan fingerprint density at radius 3 is 2.45 bits per heavy atom. The van der Waals surface area contributed by atoms with E-state index in [4.69, 9.17) is 23.2 Å². The first-order chi connectivity index (χ1) is 9.77. The van der Waals surface area contributed by atoms with Crippen molar-refractivity contribution in [3.05, 3.63) is 52.3 Å². The van der Waals surface area contributed by atoms with Crippen LogP contribution in [0.25, 0.3) is 0 Å². The molecule has 0 aliphatic carbocycles. The average molecular weight is 329 g/mol. The third-order valence-electron chi connectivity index (χ3n) is 2.74. The summed E-state index contributed by atoms with van der Waals surface area (Å²) >= 11 is 13.9. The summed E-state index contributed by atoms with van der Waals surface area (Å²) in [6.45, 7) is 1.84. The van der Waals surface area contributed by atoms with Gasteiger partial charge in [-0.1, -0.05) is 41.0 Å². The van der Waals surface area contributed by atoms with E-state index in [1.54, 1.807) is 24.2 Å². The highest BCUT2D eigenvalue weighted by Crippen LogP contribution is 2.22. The molecule has 0 radical (unpaired) electrons. The summed E-state index contributed by atoms with van der Waals surface area (Å²) in [6, 6.07) is 7.44. The quantitative estimate of drug-likeness (QED) is 0.482. The molecule has 0 aliphatic rings. The molecular weight excluding hydrogens is 313 g/mol. The van der Waals surface area contributed by atoms with E-state index in [-0.39, 0.29) is 0 Å². The second-order valence-corrected chi connectivity index (χ2v) is 6.09. The smallest absolute Gasteiger partial charge is 0.187 e. The van der Waals surface area contributed by atoms with Crippen molar-refractivity contribution < 1.29 is 5.32 Å². The SMILES string of the molecule is Clc1cccc(Cl)c1C[NH2+]CCCSc1ncccn1. The molecule has 1 aromatic heterocycles. The predicted octanol–water partition coefficient (Wildman–Crippen LogP) is 3.03. The molecule has 0 aliphatic heterocycles. The normalized spacial score (nSPS) is 10.7. The Bertz CT molecular complexity index is 517. The van der Waals surface area contributed by atoms with Gasteiger partial charge in [-0.25, -0.2) is 9.97 Å². The largest absolute Gasteiger partial charge is 0.342 e. The minimum atomic E-state index is 0.737. The number of thioether (sulfide) groups is 1. The van der Waals surface area contributed by atoms with Gasteiger partial charge in [-0.2, -0.15) is 0 Å². The third kappa shape index (κ3) is 4.94. The summed E-state index contributed by atoms with van der Waals surface area (Å²) < 4.78 is 0. The maximum atomic E-state index is 6.12. The Balaban J connectivity index is 1.65. The molecular formula is C14H16Cl2N3S+. The molecule has 106 valence electrons. The van der Waals surface area contributed by atoms with Gasteiger partial charge in [-0.15, -0.1) is 0 Å². The summed E-state index contributed by atoms with van der Waals surface area (Å²) in [6.07, 6.45) is 4.62. The van der Waals surface area contributed by atoms with Gasteiger partial charge < -0.3 is 5.32 Å². The lowest BCUT2D eigenvalue weighted by Crippen LogP contribution is -2.82. The van der Waals surface area contributed by atoms with Crippen LogP contribution in [0.5, 0.6) is 0 Å². The van der Waals surface area contributed by atoms with Gasteiger partial charge in [0.15, 0.2) is 5.16 Å². The van der Waals surface area contributed by atoms with Crippen molar-refractivity contribution in [1.29, 1.82) is 0 Å². The van der Waals surface area contributed by atoms with Crippen LogP contribution in [-0.2, 0) is 6.54 Å². The molecule has 0 amide bonds. The van der Waals surface area contributed by atoms with Crippen LogP contribution in [0, 0.1) is 0 Å². The first-order valence-electron chi connectivity index (χ1n) is 6.42. The monoisotopic (exact) mass is 328 g/mol. The van der Waals surface area contributed by atoms with Crippen LogP contribution in [0.15, 0.2) is 41.8 Å². The Kier molecular flexibility index (Phi) is 6.60. The highest BCUT2D eigenvalue weighted by molar-refractivity contribution is 7.99. The molecule has 2 aromatic rings. The average Bonchev–Trinajstić information content (AvgIpc) is 2.46. The molecule has 0 saturated heterocycles. The molecule has 3 nitrogen and oxygen atoms in total. The number of hydrogen-bond donors (Lipinski definition) is 1. The Hall–Kier alpha value is -0.810. The van der Waals surface area contributed by atoms with E-state index in [1.807, 2.05) is 24.3 Å². The molecule has 2 rings (SSSR count). The second kappa shape index (κ2) is 8.47. The number of quaternary nitrogens is 1. The van der Waals surface area contributed by atoms with Crippen molar-refractivity contribution in [2.24, 2.45) is 0 Å². The van der Waals surface area contributed by atoms with Crippen molar-refractivity contribution in [2.75, 3.05) is 12.3 Å². The van der Waals surface area contributed by atoms with Crippen LogP contribution in [0.3, 0.4) is 0 Å². The zero-order chi connectivity index (χ0) is 14.2. The molecule has 0 saturated carbocycles. The fourth-order valence-electron chi connectivity index (χ4n) is 1.72. The highest BCUT2D eigenvalue weighted by atomic mass is 35.5. The molecule has 1 heterocycles. The van der Waals surface area contributed by atoms with Crippen molar-refractivity contribution >= 4 is 35.0 Å². The van der Waals surface area contributed by atoms with Gasteiger partial charge in [-0.05, 0) is 18.2 Å². The number of rotatable bonds is 7. The number of hydrogen-bond acceptors (Lipinski definition) is 3. The first kappa shape index (κ1) is 15.6. The predicted molar refractivity (Wildman–Crippen MR) is 84.3 cm³/mol. The van der Waals surface area contributed by atoms with Crippen molar-refractivity contribution in [2.45, 2.75) is 18.1 Å². The molecule has 1 aromatic carbocycles. The fraction of sp³-hybridized carbons (Fsp3) is 0.286. The summed E-state index contributed by atoms with van der Waals surface area (Å²) in [5.74, 6) is 1.01. The molecule has 2 N–H and O–H groups in total. The lowest BCUT2D eigenvalue weighted by atomic mass is 10.2. The van der Waals surface area contributed by atoms with E-state index in [2.05, 4.69) is 15.3 Å². The zero-order valence-electron chi connectivity index (χ0n) is 10.9. The number of aromatic nitrogens is 2. The molecule has 6 heteroatoms. The zero-order valence-corrected chi connectivity index (χ0v) is 13.3. The van der Waals surface area contributed by atoms with E-state index in [0.29, 0.717) is 0 Å². The molecule has 20 heavy (non-hydrogen) atoms. The Labute approximate surface area is 133 Å². The van der Waals surface area contributed by atoms with Crippen LogP contribution >= 0.6 is 35.0 Å². The highest BCUT2D eigenvalue weighted by Gasteiger charge is 2.06. The fourth-order valence-corrected chi connectivity index (χ4v) is 3.04. The van der Waals surface area contributed by atoms with Crippen LogP contribution in [-0.4, -0.2) is 22.3 Å². The van der Waals surface area contributed by atoms with Gasteiger partial charge in [0.1, 0.15) is 6.54 Å². The number of nitrogens with two attached hydrogens (primary N) is 1. The van der Waals surface area contributed by atoms with E-state index >= 15 is 0 Å². The van der Waals surface area contributed by atoms with E-state index < -0.39 is 0 Å². The lowest BCUT2D eigenvalue weighted by Gasteiger charge is -2.06. The number of nitrogens with zero attached hydrogens (tertiary/aromatic N) is 2. The van der Waals surface area contributed by atoms with Gasteiger partial charge in [0.05, 0.1) is 16.6 Å². The van der Waals surface area contributed by atoms with Gasteiger partial charge in [-0.3, -0.25) is 0 Å². The Morgan fingerprint density at radius 1 is 1.05 bits per heavy atom. The van der Waals surface area contributed by atoms with E-state index in [1.165, 1.54) is 0 Å². The van der Waals surface area contributed by atoms with E-state index in [0.717, 1.165) is 46.0 Å². The van der Waals surface area contributed by atoms with Crippen LogP contribution in [0.1, 0.15) is 12.0 Å². The molecule has 0 spiro atoms. The van der Waals surface area contributed by atoms with Crippen molar-refractivity contribution in [3.8, 4) is 0 Å². The number of halogens is 2. The van der Waals surface area contributed by atoms with Crippen molar-refractivity contribution in [1.82, 2.24) is 9.97 Å².